The number of nitrogens with zero attached hydrogens (tertiary/aromatic N) is 1. The first-order chi connectivity index (χ1) is 11.4. The predicted molar refractivity (Wildman–Crippen MR) is 89.3 cm³/mol. The third-order valence-corrected chi connectivity index (χ3v) is 4.24. The fraction of sp³-hybridized carbons (Fsp3) is 0.250. The SMILES string of the molecule is CCc1cc(S(N)(=O)=O)ccc1OCCNC(=O)c1ccncc1. The van der Waals surface area contributed by atoms with Crippen molar-refractivity contribution in [2.24, 2.45) is 5.14 Å². The van der Waals surface area contributed by atoms with E-state index >= 15 is 0 Å². The fourth-order valence-electron chi connectivity index (χ4n) is 2.08. The summed E-state index contributed by atoms with van der Waals surface area (Å²) in [5, 5.41) is 7.85. The summed E-state index contributed by atoms with van der Waals surface area (Å²) in [5.74, 6) is 0.365. The maximum atomic E-state index is 11.9. The summed E-state index contributed by atoms with van der Waals surface area (Å²) in [5.41, 5.74) is 1.26. The van der Waals surface area contributed by atoms with Gasteiger partial charge >= 0.3 is 0 Å². The average molecular weight is 349 g/mol. The highest BCUT2D eigenvalue weighted by molar-refractivity contribution is 7.89. The Bertz CT molecular complexity index is 807. The predicted octanol–water partition coefficient (Wildman–Crippen LogP) is 1.10. The van der Waals surface area contributed by atoms with Crippen molar-refractivity contribution < 1.29 is 17.9 Å². The van der Waals surface area contributed by atoms with Crippen molar-refractivity contribution in [1.29, 1.82) is 0 Å². The van der Waals surface area contributed by atoms with Crippen molar-refractivity contribution >= 4 is 15.9 Å². The van der Waals surface area contributed by atoms with Crippen LogP contribution in [-0.2, 0) is 16.4 Å². The Labute approximate surface area is 140 Å². The van der Waals surface area contributed by atoms with Crippen LogP contribution >= 0.6 is 0 Å². The van der Waals surface area contributed by atoms with Gasteiger partial charge in [-0.05, 0) is 42.3 Å². The fourth-order valence-corrected chi connectivity index (χ4v) is 2.65. The van der Waals surface area contributed by atoms with Crippen LogP contribution in [0.3, 0.4) is 0 Å². The maximum absolute atomic E-state index is 11.9. The van der Waals surface area contributed by atoms with Gasteiger partial charge in [-0.2, -0.15) is 0 Å². The van der Waals surface area contributed by atoms with E-state index in [0.717, 1.165) is 5.56 Å². The van der Waals surface area contributed by atoms with E-state index in [1.165, 1.54) is 12.1 Å². The lowest BCUT2D eigenvalue weighted by Crippen LogP contribution is -2.28. The van der Waals surface area contributed by atoms with E-state index in [-0.39, 0.29) is 17.4 Å². The maximum Gasteiger partial charge on any atom is 0.251 e. The first-order valence-electron chi connectivity index (χ1n) is 7.38. The zero-order valence-electron chi connectivity index (χ0n) is 13.2. The van der Waals surface area contributed by atoms with Gasteiger partial charge in [0.25, 0.3) is 5.91 Å². The van der Waals surface area contributed by atoms with Crippen LogP contribution in [0.4, 0.5) is 0 Å². The highest BCUT2D eigenvalue weighted by atomic mass is 32.2. The summed E-state index contributed by atoms with van der Waals surface area (Å²) in [6.07, 6.45) is 3.69. The molecule has 0 bridgehead atoms. The summed E-state index contributed by atoms with van der Waals surface area (Å²) in [7, 11) is -3.74. The number of nitrogens with two attached hydrogens (primary N) is 1. The molecule has 1 heterocycles. The lowest BCUT2D eigenvalue weighted by molar-refractivity contribution is 0.0947. The molecule has 0 aliphatic carbocycles. The number of aryl methyl sites for hydroxylation is 1. The Morgan fingerprint density at radius 2 is 1.96 bits per heavy atom. The highest BCUT2D eigenvalue weighted by Gasteiger charge is 2.11. The van der Waals surface area contributed by atoms with E-state index in [0.29, 0.717) is 24.3 Å². The molecule has 1 amide bonds. The van der Waals surface area contributed by atoms with Gasteiger partial charge in [0.2, 0.25) is 10.0 Å². The molecule has 0 spiro atoms. The van der Waals surface area contributed by atoms with Gasteiger partial charge in [-0.15, -0.1) is 0 Å². The molecule has 0 radical (unpaired) electrons. The Morgan fingerprint density at radius 1 is 1.25 bits per heavy atom. The van der Waals surface area contributed by atoms with Crippen LogP contribution < -0.4 is 15.2 Å². The van der Waals surface area contributed by atoms with Gasteiger partial charge < -0.3 is 10.1 Å². The van der Waals surface area contributed by atoms with Crippen LogP contribution in [0.15, 0.2) is 47.6 Å². The van der Waals surface area contributed by atoms with Crippen molar-refractivity contribution in [3.8, 4) is 5.75 Å². The second-order valence-electron chi connectivity index (χ2n) is 5.01. The Morgan fingerprint density at radius 3 is 2.58 bits per heavy atom. The zero-order valence-corrected chi connectivity index (χ0v) is 14.0. The third kappa shape index (κ3) is 4.77. The number of carbonyl (C=O) groups excluding carboxylic acids is 1. The Kier molecular flexibility index (Phi) is 5.88. The number of amides is 1. The summed E-state index contributed by atoms with van der Waals surface area (Å²) in [6.45, 7) is 2.47. The van der Waals surface area contributed by atoms with Crippen molar-refractivity contribution in [1.82, 2.24) is 10.3 Å². The molecule has 0 unspecified atom stereocenters. The average Bonchev–Trinajstić information content (AvgIpc) is 2.58. The number of nitrogens with one attached hydrogen (secondary N) is 1. The van der Waals surface area contributed by atoms with Gasteiger partial charge in [0.15, 0.2) is 0 Å². The van der Waals surface area contributed by atoms with Crippen molar-refractivity contribution in [2.75, 3.05) is 13.2 Å². The van der Waals surface area contributed by atoms with E-state index in [1.54, 1.807) is 30.6 Å². The molecule has 0 atom stereocenters. The van der Waals surface area contributed by atoms with Gasteiger partial charge in [-0.1, -0.05) is 6.92 Å². The quantitative estimate of drug-likeness (QED) is 0.727. The number of aromatic nitrogens is 1. The summed E-state index contributed by atoms with van der Waals surface area (Å²) < 4.78 is 28.4. The second kappa shape index (κ2) is 7.89. The summed E-state index contributed by atoms with van der Waals surface area (Å²) >= 11 is 0. The van der Waals surface area contributed by atoms with Crippen molar-refractivity contribution in [3.05, 3.63) is 53.9 Å². The van der Waals surface area contributed by atoms with E-state index in [9.17, 15) is 13.2 Å². The van der Waals surface area contributed by atoms with E-state index < -0.39 is 10.0 Å². The number of pyridine rings is 1. The van der Waals surface area contributed by atoms with Crippen molar-refractivity contribution in [3.63, 3.8) is 0 Å². The number of benzene rings is 1. The molecule has 3 N–H and O–H groups in total. The second-order valence-corrected chi connectivity index (χ2v) is 6.57. The lowest BCUT2D eigenvalue weighted by atomic mass is 10.1. The largest absolute Gasteiger partial charge is 0.491 e. The minimum Gasteiger partial charge on any atom is -0.491 e. The number of rotatable bonds is 7. The van der Waals surface area contributed by atoms with Gasteiger partial charge in [0, 0.05) is 18.0 Å². The van der Waals surface area contributed by atoms with Crippen LogP contribution in [0.2, 0.25) is 0 Å². The van der Waals surface area contributed by atoms with Gasteiger partial charge in [0.1, 0.15) is 12.4 Å². The highest BCUT2D eigenvalue weighted by Crippen LogP contribution is 2.22. The summed E-state index contributed by atoms with van der Waals surface area (Å²) in [6, 6.07) is 7.72. The standard InChI is InChI=1S/C16H19N3O4S/c1-2-12-11-14(24(17,21)22)3-4-15(12)23-10-9-19-16(20)13-5-7-18-8-6-13/h3-8,11H,2,9-10H2,1H3,(H,19,20)(H2,17,21,22). The number of hydrogen-bond donors (Lipinski definition) is 2. The van der Waals surface area contributed by atoms with Gasteiger partial charge in [0.05, 0.1) is 11.4 Å². The minimum atomic E-state index is -3.74. The molecule has 7 nitrogen and oxygen atoms in total. The molecule has 0 saturated carbocycles. The van der Waals surface area contributed by atoms with Gasteiger partial charge in [-0.25, -0.2) is 13.6 Å². The van der Waals surface area contributed by atoms with E-state index in [4.69, 9.17) is 9.88 Å². The van der Waals surface area contributed by atoms with Crippen LogP contribution in [0, 0.1) is 0 Å². The van der Waals surface area contributed by atoms with Crippen LogP contribution in [0.1, 0.15) is 22.8 Å². The van der Waals surface area contributed by atoms with Crippen LogP contribution in [-0.4, -0.2) is 32.5 Å². The van der Waals surface area contributed by atoms with Crippen LogP contribution in [0.25, 0.3) is 0 Å². The third-order valence-electron chi connectivity index (χ3n) is 3.33. The molecule has 24 heavy (non-hydrogen) atoms. The van der Waals surface area contributed by atoms with E-state index in [2.05, 4.69) is 10.3 Å². The van der Waals surface area contributed by atoms with Crippen LogP contribution in [0.5, 0.6) is 5.75 Å². The molecule has 8 heteroatoms. The molecule has 1 aromatic carbocycles. The first-order valence-corrected chi connectivity index (χ1v) is 8.93. The molecule has 2 rings (SSSR count). The first kappa shape index (κ1) is 17.9. The molecule has 0 saturated heterocycles. The smallest absolute Gasteiger partial charge is 0.251 e. The van der Waals surface area contributed by atoms with E-state index in [1.807, 2.05) is 6.92 Å². The zero-order chi connectivity index (χ0) is 17.6. The molecule has 128 valence electrons. The monoisotopic (exact) mass is 349 g/mol. The molecule has 0 aliphatic heterocycles. The number of carbonyl (C=O) groups is 1. The number of hydrogen-bond acceptors (Lipinski definition) is 5. The minimum absolute atomic E-state index is 0.0534. The Balaban J connectivity index is 1.91. The normalized spacial score (nSPS) is 11.1. The number of primary sulfonamides is 1. The molecule has 0 fully saturated rings. The van der Waals surface area contributed by atoms with Crippen molar-refractivity contribution in [2.45, 2.75) is 18.2 Å². The molecular formula is C16H19N3O4S. The molecule has 2 aromatic rings. The lowest BCUT2D eigenvalue weighted by Gasteiger charge is -2.12. The summed E-state index contributed by atoms with van der Waals surface area (Å²) in [4.78, 5) is 15.8. The van der Waals surface area contributed by atoms with Gasteiger partial charge in [-0.3, -0.25) is 9.78 Å². The number of ether oxygens (including phenoxy) is 1. The topological polar surface area (TPSA) is 111 Å². The molecule has 1 aromatic heterocycles. The molecular weight excluding hydrogens is 330 g/mol. The number of sulfonamides is 1. The molecule has 0 aliphatic rings. The Hall–Kier alpha value is -2.45.